The minimum atomic E-state index is -3.11. The van der Waals surface area contributed by atoms with Crippen LogP contribution in [0.25, 0.3) is 0 Å². The number of benzene rings is 1. The van der Waals surface area contributed by atoms with Crippen molar-refractivity contribution in [1.82, 2.24) is 0 Å². The molecule has 21 heavy (non-hydrogen) atoms. The molecule has 1 aromatic carbocycles. The smallest absolute Gasteiger partial charge is 0.387 e. The molecule has 2 rings (SSSR count). The summed E-state index contributed by atoms with van der Waals surface area (Å²) in [6.07, 6.45) is 0. The number of anilines is 2. The lowest BCUT2D eigenvalue weighted by Gasteiger charge is -2.08. The molecule has 0 fully saturated rings. The Bertz CT molecular complexity index is 654. The highest BCUT2D eigenvalue weighted by molar-refractivity contribution is 7.14. The van der Waals surface area contributed by atoms with Crippen molar-refractivity contribution < 1.29 is 22.7 Å². The van der Waals surface area contributed by atoms with Crippen LogP contribution in [0.4, 0.5) is 24.5 Å². The third-order valence-electron chi connectivity index (χ3n) is 2.59. The number of aryl methyl sites for hydroxylation is 1. The Morgan fingerprint density at radius 1 is 1.38 bits per heavy atom. The summed E-state index contributed by atoms with van der Waals surface area (Å²) >= 11 is 1.20. The van der Waals surface area contributed by atoms with E-state index >= 15 is 0 Å². The summed E-state index contributed by atoms with van der Waals surface area (Å²) in [6, 6.07) is 4.70. The molecule has 1 heterocycles. The summed E-state index contributed by atoms with van der Waals surface area (Å²) in [7, 11) is 0. The van der Waals surface area contributed by atoms with E-state index in [9.17, 15) is 18.0 Å². The maximum atomic E-state index is 13.5. The lowest BCUT2D eigenvalue weighted by atomic mass is 10.2. The lowest BCUT2D eigenvalue weighted by Crippen LogP contribution is -2.11. The van der Waals surface area contributed by atoms with Crippen molar-refractivity contribution >= 4 is 28.6 Å². The fourth-order valence-corrected chi connectivity index (χ4v) is 2.41. The van der Waals surface area contributed by atoms with Gasteiger partial charge in [-0.1, -0.05) is 0 Å². The zero-order chi connectivity index (χ0) is 15.6. The molecule has 2 aromatic rings. The molecule has 0 aliphatic rings. The zero-order valence-electron chi connectivity index (χ0n) is 10.8. The van der Waals surface area contributed by atoms with Crippen LogP contribution >= 0.6 is 11.3 Å². The summed E-state index contributed by atoms with van der Waals surface area (Å²) < 4.78 is 41.5. The number of amides is 1. The maximum absolute atomic E-state index is 13.5. The molecule has 0 atom stereocenters. The van der Waals surface area contributed by atoms with Crippen LogP contribution in [0.5, 0.6) is 5.75 Å². The van der Waals surface area contributed by atoms with Crippen molar-refractivity contribution in [2.45, 2.75) is 13.5 Å². The van der Waals surface area contributed by atoms with E-state index in [1.807, 2.05) is 0 Å². The van der Waals surface area contributed by atoms with Gasteiger partial charge in [0.1, 0.15) is 0 Å². The van der Waals surface area contributed by atoms with Crippen LogP contribution in [-0.2, 0) is 0 Å². The molecule has 1 amide bonds. The molecule has 3 N–H and O–H groups in total. The van der Waals surface area contributed by atoms with Crippen LogP contribution in [0, 0.1) is 12.7 Å². The fourth-order valence-electron chi connectivity index (χ4n) is 1.57. The first kappa shape index (κ1) is 15.2. The molecule has 0 spiro atoms. The SMILES string of the molecule is Cc1sc(C(=O)Nc2ccc(OC(F)F)c(F)c2)cc1N. The average Bonchev–Trinajstić information content (AvgIpc) is 2.73. The number of carbonyl (C=O) groups excluding carboxylic acids is 1. The quantitative estimate of drug-likeness (QED) is 0.905. The van der Waals surface area contributed by atoms with Gasteiger partial charge in [0.25, 0.3) is 5.91 Å². The zero-order valence-corrected chi connectivity index (χ0v) is 11.6. The van der Waals surface area contributed by atoms with Crippen LogP contribution in [0.3, 0.4) is 0 Å². The largest absolute Gasteiger partial charge is 0.432 e. The molecule has 112 valence electrons. The molecule has 0 aliphatic heterocycles. The van der Waals surface area contributed by atoms with E-state index in [1.54, 1.807) is 6.92 Å². The van der Waals surface area contributed by atoms with Gasteiger partial charge in [-0.05, 0) is 25.1 Å². The topological polar surface area (TPSA) is 64.3 Å². The van der Waals surface area contributed by atoms with E-state index in [1.165, 1.54) is 23.5 Å². The average molecular weight is 316 g/mol. The number of nitrogens with one attached hydrogen (secondary N) is 1. The molecule has 8 heteroatoms. The fraction of sp³-hybridized carbons (Fsp3) is 0.154. The summed E-state index contributed by atoms with van der Waals surface area (Å²) in [5, 5.41) is 2.45. The number of hydrogen-bond acceptors (Lipinski definition) is 4. The highest BCUT2D eigenvalue weighted by Gasteiger charge is 2.14. The van der Waals surface area contributed by atoms with Gasteiger partial charge in [0, 0.05) is 22.3 Å². The van der Waals surface area contributed by atoms with E-state index in [0.717, 1.165) is 17.0 Å². The number of ether oxygens (including phenoxy) is 1. The number of halogens is 3. The van der Waals surface area contributed by atoms with Crippen LogP contribution in [-0.4, -0.2) is 12.5 Å². The predicted octanol–water partition coefficient (Wildman–Crippen LogP) is 3.63. The molecule has 0 aliphatic carbocycles. The van der Waals surface area contributed by atoms with Crippen molar-refractivity contribution in [3.63, 3.8) is 0 Å². The second kappa shape index (κ2) is 6.04. The van der Waals surface area contributed by atoms with E-state index in [-0.39, 0.29) is 5.69 Å². The number of nitrogens with two attached hydrogens (primary N) is 1. The van der Waals surface area contributed by atoms with E-state index in [4.69, 9.17) is 5.73 Å². The summed E-state index contributed by atoms with van der Waals surface area (Å²) in [4.78, 5) is 13.1. The Kier molecular flexibility index (Phi) is 4.37. The van der Waals surface area contributed by atoms with Gasteiger partial charge in [-0.3, -0.25) is 4.79 Å². The Morgan fingerprint density at radius 2 is 2.10 bits per heavy atom. The van der Waals surface area contributed by atoms with Crippen molar-refractivity contribution in [1.29, 1.82) is 0 Å². The van der Waals surface area contributed by atoms with Crippen LogP contribution in [0.15, 0.2) is 24.3 Å². The monoisotopic (exact) mass is 316 g/mol. The molecular formula is C13H11F3N2O2S. The molecule has 0 saturated carbocycles. The Balaban J connectivity index is 2.12. The van der Waals surface area contributed by atoms with Gasteiger partial charge in [-0.25, -0.2) is 4.39 Å². The van der Waals surface area contributed by atoms with Crippen molar-refractivity contribution in [2.75, 3.05) is 11.1 Å². The van der Waals surface area contributed by atoms with Gasteiger partial charge in [-0.2, -0.15) is 8.78 Å². The highest BCUT2D eigenvalue weighted by Crippen LogP contribution is 2.26. The van der Waals surface area contributed by atoms with Crippen molar-refractivity contribution in [3.05, 3.63) is 39.8 Å². The Labute approximate surface area is 122 Å². The second-order valence-electron chi connectivity index (χ2n) is 4.10. The van der Waals surface area contributed by atoms with E-state index in [0.29, 0.717) is 10.6 Å². The van der Waals surface area contributed by atoms with Crippen molar-refractivity contribution in [2.24, 2.45) is 0 Å². The summed E-state index contributed by atoms with van der Waals surface area (Å²) in [6.45, 7) is -1.34. The van der Waals surface area contributed by atoms with E-state index in [2.05, 4.69) is 10.1 Å². The van der Waals surface area contributed by atoms with Gasteiger partial charge in [0.05, 0.1) is 4.88 Å². The second-order valence-corrected chi connectivity index (χ2v) is 5.36. The van der Waals surface area contributed by atoms with Gasteiger partial charge < -0.3 is 15.8 Å². The number of rotatable bonds is 4. The minimum Gasteiger partial charge on any atom is -0.432 e. The number of carbonyl (C=O) groups is 1. The predicted molar refractivity (Wildman–Crippen MR) is 74.5 cm³/mol. The number of alkyl halides is 2. The van der Waals surface area contributed by atoms with Crippen molar-refractivity contribution in [3.8, 4) is 5.75 Å². The third-order valence-corrected chi connectivity index (χ3v) is 3.65. The normalized spacial score (nSPS) is 10.7. The van der Waals surface area contributed by atoms with Crippen LogP contribution < -0.4 is 15.8 Å². The van der Waals surface area contributed by atoms with Gasteiger partial charge in [0.2, 0.25) is 0 Å². The maximum Gasteiger partial charge on any atom is 0.387 e. The number of nitrogen functional groups attached to an aromatic ring is 1. The van der Waals surface area contributed by atoms with Crippen LogP contribution in [0.1, 0.15) is 14.5 Å². The molecule has 0 saturated heterocycles. The minimum absolute atomic E-state index is 0.128. The first-order valence-electron chi connectivity index (χ1n) is 5.78. The Hall–Kier alpha value is -2.22. The van der Waals surface area contributed by atoms with Crippen LogP contribution in [0.2, 0.25) is 0 Å². The van der Waals surface area contributed by atoms with Gasteiger partial charge in [0.15, 0.2) is 11.6 Å². The molecule has 0 radical (unpaired) electrons. The molecule has 4 nitrogen and oxygen atoms in total. The first-order valence-corrected chi connectivity index (χ1v) is 6.60. The standard InChI is InChI=1S/C13H11F3N2O2S/c1-6-9(17)5-11(21-6)12(19)18-7-2-3-10(8(14)4-7)20-13(15)16/h2-5,13H,17H2,1H3,(H,18,19). The third kappa shape index (κ3) is 3.66. The first-order chi connectivity index (χ1) is 9.86. The number of hydrogen-bond donors (Lipinski definition) is 2. The summed E-state index contributed by atoms with van der Waals surface area (Å²) in [5.74, 6) is -2.03. The number of thiophene rings is 1. The van der Waals surface area contributed by atoms with E-state index < -0.39 is 24.1 Å². The van der Waals surface area contributed by atoms with Gasteiger partial charge in [-0.15, -0.1) is 11.3 Å². The molecule has 1 aromatic heterocycles. The highest BCUT2D eigenvalue weighted by atomic mass is 32.1. The Morgan fingerprint density at radius 3 is 2.62 bits per heavy atom. The molecule has 0 unspecified atom stereocenters. The van der Waals surface area contributed by atoms with Gasteiger partial charge >= 0.3 is 6.61 Å². The molecular weight excluding hydrogens is 305 g/mol. The molecule has 0 bridgehead atoms. The summed E-state index contributed by atoms with van der Waals surface area (Å²) in [5.41, 5.74) is 6.27. The lowest BCUT2D eigenvalue weighted by molar-refractivity contribution is -0.0521.